The van der Waals surface area contributed by atoms with Crippen molar-refractivity contribution in [1.82, 2.24) is 20.9 Å². The Kier molecular flexibility index (Phi) is 6.51. The summed E-state index contributed by atoms with van der Waals surface area (Å²) in [7, 11) is 0. The van der Waals surface area contributed by atoms with E-state index in [2.05, 4.69) is 45.2 Å². The van der Waals surface area contributed by atoms with Gasteiger partial charge in [0, 0.05) is 5.69 Å². The van der Waals surface area contributed by atoms with Gasteiger partial charge in [-0.25, -0.2) is 4.98 Å². The molecule has 2 aliphatic rings. The van der Waals surface area contributed by atoms with E-state index in [0.29, 0.717) is 11.7 Å². The van der Waals surface area contributed by atoms with Crippen molar-refractivity contribution in [2.75, 3.05) is 12.3 Å². The number of carbonyl (C=O) groups excluding carboxylic acids is 2. The highest BCUT2D eigenvalue weighted by Gasteiger charge is 2.30. The lowest BCUT2D eigenvalue weighted by Crippen LogP contribution is -2.54. The van der Waals surface area contributed by atoms with Crippen LogP contribution in [0.3, 0.4) is 0 Å². The number of anilines is 1. The molecule has 3 unspecified atom stereocenters. The Morgan fingerprint density at radius 2 is 2.00 bits per heavy atom. The molecule has 7 heteroatoms. The van der Waals surface area contributed by atoms with Crippen LogP contribution in [0.1, 0.15) is 49.0 Å². The van der Waals surface area contributed by atoms with Crippen LogP contribution in [-0.4, -0.2) is 35.4 Å². The van der Waals surface area contributed by atoms with Crippen molar-refractivity contribution >= 4 is 17.6 Å². The molecule has 1 fully saturated rings. The van der Waals surface area contributed by atoms with E-state index in [1.165, 1.54) is 5.56 Å². The number of nitrogens with two attached hydrogens (primary N) is 1. The van der Waals surface area contributed by atoms with Crippen molar-refractivity contribution in [3.63, 3.8) is 0 Å². The van der Waals surface area contributed by atoms with Gasteiger partial charge in [-0.3, -0.25) is 9.59 Å². The standard InChI is InChI=1S/C24H31N5O2/c1-15(23(30)29-20-9-8-19-18(20)7-10-22(25)28-19)27-24(31)21-14-17(11-12-26-21)13-16-5-3-2-4-6-16/h2-7,10,15,17,20-21,26H,8-9,11-14H2,1H3,(H2,25,28)(H,27,31)(H,29,30)/t15?,17?,20-,21?/m1/s1. The predicted octanol–water partition coefficient (Wildman–Crippen LogP) is 1.88. The van der Waals surface area contributed by atoms with Gasteiger partial charge in [0.2, 0.25) is 11.8 Å². The summed E-state index contributed by atoms with van der Waals surface area (Å²) < 4.78 is 0. The van der Waals surface area contributed by atoms with Gasteiger partial charge in [0.15, 0.2) is 0 Å². The fourth-order valence-corrected chi connectivity index (χ4v) is 4.64. The molecule has 1 aliphatic heterocycles. The molecule has 7 nitrogen and oxygen atoms in total. The van der Waals surface area contributed by atoms with Gasteiger partial charge < -0.3 is 21.7 Å². The molecular formula is C24H31N5O2. The predicted molar refractivity (Wildman–Crippen MR) is 120 cm³/mol. The van der Waals surface area contributed by atoms with E-state index in [-0.39, 0.29) is 23.9 Å². The highest BCUT2D eigenvalue weighted by Crippen LogP contribution is 2.30. The number of hydrogen-bond donors (Lipinski definition) is 4. The van der Waals surface area contributed by atoms with E-state index < -0.39 is 6.04 Å². The third-order valence-electron chi connectivity index (χ3n) is 6.34. The first kappa shape index (κ1) is 21.3. The van der Waals surface area contributed by atoms with Crippen LogP contribution in [0.4, 0.5) is 5.82 Å². The zero-order chi connectivity index (χ0) is 21.8. The summed E-state index contributed by atoms with van der Waals surface area (Å²) in [6.45, 7) is 2.54. The lowest BCUT2D eigenvalue weighted by molar-refractivity contribution is -0.130. The molecule has 1 aromatic heterocycles. The average Bonchev–Trinajstić information content (AvgIpc) is 3.16. The summed E-state index contributed by atoms with van der Waals surface area (Å²) in [4.78, 5) is 29.9. The van der Waals surface area contributed by atoms with Gasteiger partial charge in [0.05, 0.1) is 12.1 Å². The monoisotopic (exact) mass is 421 g/mol. The van der Waals surface area contributed by atoms with Gasteiger partial charge in [-0.2, -0.15) is 0 Å². The topological polar surface area (TPSA) is 109 Å². The number of aryl methyl sites for hydroxylation is 1. The molecule has 0 bridgehead atoms. The van der Waals surface area contributed by atoms with Crippen molar-refractivity contribution in [3.8, 4) is 0 Å². The fraction of sp³-hybridized carbons (Fsp3) is 0.458. The maximum absolute atomic E-state index is 12.8. The Morgan fingerprint density at radius 3 is 2.81 bits per heavy atom. The Labute approximate surface area is 183 Å². The minimum atomic E-state index is -0.602. The number of nitrogen functional groups attached to an aromatic ring is 1. The molecule has 0 saturated carbocycles. The van der Waals surface area contributed by atoms with E-state index >= 15 is 0 Å². The van der Waals surface area contributed by atoms with Crippen molar-refractivity contribution in [3.05, 3.63) is 59.3 Å². The lowest BCUT2D eigenvalue weighted by Gasteiger charge is -2.30. The molecule has 4 atom stereocenters. The van der Waals surface area contributed by atoms with Crippen LogP contribution in [0.2, 0.25) is 0 Å². The summed E-state index contributed by atoms with van der Waals surface area (Å²) in [6, 6.07) is 13.1. The summed E-state index contributed by atoms with van der Waals surface area (Å²) in [5, 5.41) is 9.25. The second kappa shape index (κ2) is 9.47. The molecule has 1 aliphatic carbocycles. The average molecular weight is 422 g/mol. The third-order valence-corrected chi connectivity index (χ3v) is 6.34. The molecule has 5 N–H and O–H groups in total. The van der Waals surface area contributed by atoms with Crippen LogP contribution < -0.4 is 21.7 Å². The Balaban J connectivity index is 1.28. The van der Waals surface area contributed by atoms with Crippen molar-refractivity contribution in [1.29, 1.82) is 0 Å². The SMILES string of the molecule is CC(NC(=O)C1CC(Cc2ccccc2)CCN1)C(=O)N[C@@H]1CCc2nc(N)ccc21. The number of nitrogens with one attached hydrogen (secondary N) is 3. The van der Waals surface area contributed by atoms with Crippen LogP contribution >= 0.6 is 0 Å². The minimum absolute atomic E-state index is 0.0852. The molecule has 1 saturated heterocycles. The number of pyridine rings is 1. The number of amides is 2. The van der Waals surface area contributed by atoms with Gasteiger partial charge >= 0.3 is 0 Å². The molecule has 1 aromatic carbocycles. The molecule has 2 heterocycles. The van der Waals surface area contributed by atoms with Crippen LogP contribution in [0.15, 0.2) is 42.5 Å². The molecule has 0 spiro atoms. The highest BCUT2D eigenvalue weighted by molar-refractivity contribution is 5.89. The normalized spacial score (nSPS) is 23.6. The summed E-state index contributed by atoms with van der Waals surface area (Å²) in [6.07, 6.45) is 4.39. The first-order chi connectivity index (χ1) is 15.0. The fourth-order valence-electron chi connectivity index (χ4n) is 4.64. The number of nitrogens with zero attached hydrogens (tertiary/aromatic N) is 1. The number of piperidine rings is 1. The van der Waals surface area contributed by atoms with Crippen LogP contribution in [0.25, 0.3) is 0 Å². The molecule has 2 amide bonds. The van der Waals surface area contributed by atoms with Gasteiger partial charge in [0.1, 0.15) is 11.9 Å². The summed E-state index contributed by atoms with van der Waals surface area (Å²) >= 11 is 0. The molecule has 164 valence electrons. The summed E-state index contributed by atoms with van der Waals surface area (Å²) in [5.74, 6) is 0.664. The molecule has 31 heavy (non-hydrogen) atoms. The van der Waals surface area contributed by atoms with Gasteiger partial charge in [-0.15, -0.1) is 0 Å². The molecule has 2 aromatic rings. The maximum atomic E-state index is 12.8. The molecule has 0 radical (unpaired) electrons. The first-order valence-corrected chi connectivity index (χ1v) is 11.1. The zero-order valence-electron chi connectivity index (χ0n) is 17.9. The van der Waals surface area contributed by atoms with Crippen LogP contribution in [-0.2, 0) is 22.4 Å². The molecular weight excluding hydrogens is 390 g/mol. The van der Waals surface area contributed by atoms with Crippen LogP contribution in [0, 0.1) is 5.92 Å². The Hall–Kier alpha value is -2.93. The quantitative estimate of drug-likeness (QED) is 0.569. The first-order valence-electron chi connectivity index (χ1n) is 11.1. The second-order valence-corrected chi connectivity index (χ2v) is 8.69. The highest BCUT2D eigenvalue weighted by atomic mass is 16.2. The van der Waals surface area contributed by atoms with E-state index in [0.717, 1.165) is 49.9 Å². The van der Waals surface area contributed by atoms with Gasteiger partial charge in [0.25, 0.3) is 0 Å². The number of aromatic nitrogens is 1. The number of benzene rings is 1. The van der Waals surface area contributed by atoms with E-state index in [1.807, 2.05) is 12.1 Å². The van der Waals surface area contributed by atoms with Crippen molar-refractivity contribution in [2.24, 2.45) is 5.92 Å². The van der Waals surface area contributed by atoms with E-state index in [1.54, 1.807) is 13.0 Å². The zero-order valence-corrected chi connectivity index (χ0v) is 17.9. The number of hydrogen-bond acceptors (Lipinski definition) is 5. The van der Waals surface area contributed by atoms with Crippen molar-refractivity contribution < 1.29 is 9.59 Å². The summed E-state index contributed by atoms with van der Waals surface area (Å²) in [5.41, 5.74) is 9.01. The third kappa shape index (κ3) is 5.22. The Morgan fingerprint density at radius 1 is 1.19 bits per heavy atom. The number of rotatable bonds is 6. The van der Waals surface area contributed by atoms with Gasteiger partial charge in [-0.05, 0) is 68.7 Å². The Bertz CT molecular complexity index is 933. The number of fused-ring (bicyclic) bond motifs is 1. The minimum Gasteiger partial charge on any atom is -0.384 e. The maximum Gasteiger partial charge on any atom is 0.242 e. The molecule has 4 rings (SSSR count). The van der Waals surface area contributed by atoms with Crippen molar-refractivity contribution in [2.45, 2.75) is 57.2 Å². The van der Waals surface area contributed by atoms with Gasteiger partial charge in [-0.1, -0.05) is 36.4 Å². The largest absolute Gasteiger partial charge is 0.384 e. The van der Waals surface area contributed by atoms with Crippen LogP contribution in [0.5, 0.6) is 0 Å². The van der Waals surface area contributed by atoms with E-state index in [9.17, 15) is 9.59 Å². The lowest BCUT2D eigenvalue weighted by atomic mass is 9.87. The smallest absolute Gasteiger partial charge is 0.242 e. The second-order valence-electron chi connectivity index (χ2n) is 8.69. The number of carbonyl (C=O) groups is 2. The van der Waals surface area contributed by atoms with E-state index in [4.69, 9.17) is 5.73 Å².